The third-order valence-corrected chi connectivity index (χ3v) is 3.18. The normalized spacial score (nSPS) is 13.2. The van der Waals surface area contributed by atoms with Gasteiger partial charge in [0.15, 0.2) is 0 Å². The van der Waals surface area contributed by atoms with Crippen LogP contribution in [0.25, 0.3) is 0 Å². The topological polar surface area (TPSA) is 63.7 Å². The van der Waals surface area contributed by atoms with E-state index in [2.05, 4.69) is 0 Å². The molecule has 0 saturated heterocycles. The second-order valence-corrected chi connectivity index (χ2v) is 4.53. The Bertz CT molecular complexity index is 689. The SMILES string of the molecule is O=C(OCc1ccccc1)N1C(=O)c2ccccc2C1=O. The van der Waals surface area contributed by atoms with E-state index in [1.165, 1.54) is 12.1 Å². The second-order valence-electron chi connectivity index (χ2n) is 4.53. The van der Waals surface area contributed by atoms with Crippen molar-refractivity contribution >= 4 is 17.9 Å². The smallest absolute Gasteiger partial charge is 0.424 e. The Morgan fingerprint density at radius 1 is 0.857 bits per heavy atom. The molecular weight excluding hydrogens is 270 g/mol. The summed E-state index contributed by atoms with van der Waals surface area (Å²) < 4.78 is 5.03. The first-order chi connectivity index (χ1) is 10.2. The van der Waals surface area contributed by atoms with Gasteiger partial charge in [0.1, 0.15) is 6.61 Å². The highest BCUT2D eigenvalue weighted by atomic mass is 16.6. The van der Waals surface area contributed by atoms with Crippen LogP contribution in [0.5, 0.6) is 0 Å². The van der Waals surface area contributed by atoms with E-state index >= 15 is 0 Å². The molecule has 104 valence electrons. The molecule has 3 rings (SSSR count). The number of carbonyl (C=O) groups excluding carboxylic acids is 3. The maximum absolute atomic E-state index is 12.1. The summed E-state index contributed by atoms with van der Waals surface area (Å²) in [5.74, 6) is -1.29. The molecule has 0 fully saturated rings. The first-order valence-corrected chi connectivity index (χ1v) is 6.37. The Hall–Kier alpha value is -2.95. The zero-order valence-electron chi connectivity index (χ0n) is 11.0. The van der Waals surface area contributed by atoms with Crippen LogP contribution in [-0.2, 0) is 11.3 Å². The Labute approximate surface area is 120 Å². The number of ether oxygens (including phenoxy) is 1. The van der Waals surface area contributed by atoms with Crippen molar-refractivity contribution in [1.82, 2.24) is 4.90 Å². The number of carbonyl (C=O) groups is 3. The fraction of sp³-hybridized carbons (Fsp3) is 0.0625. The van der Waals surface area contributed by atoms with E-state index in [1.54, 1.807) is 24.3 Å². The summed E-state index contributed by atoms with van der Waals surface area (Å²) in [6.45, 7) is 0.00702. The molecule has 0 aliphatic carbocycles. The van der Waals surface area contributed by atoms with Gasteiger partial charge in [0.2, 0.25) is 0 Å². The number of hydrogen-bond donors (Lipinski definition) is 0. The second kappa shape index (κ2) is 5.20. The van der Waals surface area contributed by atoms with Gasteiger partial charge in [0, 0.05) is 0 Å². The molecule has 0 saturated carbocycles. The van der Waals surface area contributed by atoms with Gasteiger partial charge in [-0.1, -0.05) is 42.5 Å². The van der Waals surface area contributed by atoms with E-state index in [0.717, 1.165) is 5.56 Å². The third kappa shape index (κ3) is 2.29. The maximum atomic E-state index is 12.1. The number of benzene rings is 2. The summed E-state index contributed by atoms with van der Waals surface area (Å²) in [5, 5.41) is 0. The number of imide groups is 3. The average Bonchev–Trinajstić information content (AvgIpc) is 2.78. The van der Waals surface area contributed by atoms with Gasteiger partial charge in [0.05, 0.1) is 11.1 Å². The molecule has 1 aliphatic heterocycles. The van der Waals surface area contributed by atoms with E-state index in [0.29, 0.717) is 4.90 Å². The standard InChI is InChI=1S/C16H11NO4/c18-14-12-8-4-5-9-13(12)15(19)17(14)16(20)21-10-11-6-2-1-3-7-11/h1-9H,10H2. The minimum absolute atomic E-state index is 0.00702. The van der Waals surface area contributed by atoms with Gasteiger partial charge in [-0.05, 0) is 17.7 Å². The van der Waals surface area contributed by atoms with E-state index in [-0.39, 0.29) is 17.7 Å². The first-order valence-electron chi connectivity index (χ1n) is 6.37. The molecular formula is C16H11NO4. The van der Waals surface area contributed by atoms with Crippen molar-refractivity contribution in [3.8, 4) is 0 Å². The highest BCUT2D eigenvalue weighted by Crippen LogP contribution is 2.23. The number of nitrogens with zero attached hydrogens (tertiary/aromatic N) is 1. The van der Waals surface area contributed by atoms with Crippen molar-refractivity contribution in [1.29, 1.82) is 0 Å². The van der Waals surface area contributed by atoms with E-state index in [1.807, 2.05) is 18.2 Å². The molecule has 2 aromatic carbocycles. The first kappa shape index (κ1) is 13.1. The van der Waals surface area contributed by atoms with Crippen molar-refractivity contribution in [3.63, 3.8) is 0 Å². The van der Waals surface area contributed by atoms with Gasteiger partial charge < -0.3 is 4.74 Å². The molecule has 0 radical (unpaired) electrons. The summed E-state index contributed by atoms with van der Waals surface area (Å²) in [6.07, 6.45) is -0.954. The van der Waals surface area contributed by atoms with Crippen LogP contribution in [0.15, 0.2) is 54.6 Å². The Morgan fingerprint density at radius 3 is 1.95 bits per heavy atom. The summed E-state index contributed by atoms with van der Waals surface area (Å²) >= 11 is 0. The molecule has 0 aromatic heterocycles. The van der Waals surface area contributed by atoms with Gasteiger partial charge in [-0.15, -0.1) is 0 Å². The zero-order chi connectivity index (χ0) is 14.8. The maximum Gasteiger partial charge on any atom is 0.424 e. The lowest BCUT2D eigenvalue weighted by molar-refractivity contribution is 0.0573. The highest BCUT2D eigenvalue weighted by Gasteiger charge is 2.40. The molecule has 5 heteroatoms. The quantitative estimate of drug-likeness (QED) is 0.794. The van der Waals surface area contributed by atoms with Crippen LogP contribution < -0.4 is 0 Å². The predicted molar refractivity (Wildman–Crippen MR) is 73.6 cm³/mol. The average molecular weight is 281 g/mol. The summed E-state index contributed by atoms with van der Waals surface area (Å²) in [6, 6.07) is 15.4. The molecule has 0 N–H and O–H groups in total. The van der Waals surface area contributed by atoms with Gasteiger partial charge in [0.25, 0.3) is 11.8 Å². The van der Waals surface area contributed by atoms with E-state index < -0.39 is 17.9 Å². The van der Waals surface area contributed by atoms with Crippen molar-refractivity contribution in [2.24, 2.45) is 0 Å². The lowest BCUT2D eigenvalue weighted by atomic mass is 10.1. The van der Waals surface area contributed by atoms with Crippen LogP contribution in [-0.4, -0.2) is 22.8 Å². The molecule has 0 bridgehead atoms. The highest BCUT2D eigenvalue weighted by molar-refractivity contribution is 6.27. The molecule has 21 heavy (non-hydrogen) atoms. The lowest BCUT2D eigenvalue weighted by Crippen LogP contribution is -2.36. The van der Waals surface area contributed by atoms with Crippen LogP contribution >= 0.6 is 0 Å². The summed E-state index contributed by atoms with van der Waals surface area (Å²) in [4.78, 5) is 36.6. The Morgan fingerprint density at radius 2 is 1.38 bits per heavy atom. The Kier molecular flexibility index (Phi) is 3.23. The van der Waals surface area contributed by atoms with Gasteiger partial charge in [-0.2, -0.15) is 4.90 Å². The molecule has 1 aliphatic rings. The Balaban J connectivity index is 1.75. The van der Waals surface area contributed by atoms with Gasteiger partial charge in [-0.3, -0.25) is 9.59 Å². The minimum atomic E-state index is -0.954. The predicted octanol–water partition coefficient (Wildman–Crippen LogP) is 2.62. The largest absolute Gasteiger partial charge is 0.444 e. The van der Waals surface area contributed by atoms with E-state index in [4.69, 9.17) is 4.74 Å². The number of hydrogen-bond acceptors (Lipinski definition) is 4. The molecule has 2 aromatic rings. The van der Waals surface area contributed by atoms with Crippen LogP contribution in [0.1, 0.15) is 26.3 Å². The molecule has 3 amide bonds. The van der Waals surface area contributed by atoms with Crippen molar-refractivity contribution in [3.05, 3.63) is 71.3 Å². The van der Waals surface area contributed by atoms with E-state index in [9.17, 15) is 14.4 Å². The molecule has 1 heterocycles. The van der Waals surface area contributed by atoms with Crippen LogP contribution in [0, 0.1) is 0 Å². The van der Waals surface area contributed by atoms with Crippen molar-refractivity contribution < 1.29 is 19.1 Å². The fourth-order valence-corrected chi connectivity index (χ4v) is 2.14. The van der Waals surface area contributed by atoms with Crippen molar-refractivity contribution in [2.45, 2.75) is 6.61 Å². The minimum Gasteiger partial charge on any atom is -0.444 e. The van der Waals surface area contributed by atoms with Gasteiger partial charge >= 0.3 is 6.09 Å². The molecule has 0 atom stereocenters. The van der Waals surface area contributed by atoms with Crippen LogP contribution in [0.2, 0.25) is 0 Å². The van der Waals surface area contributed by atoms with Crippen LogP contribution in [0.4, 0.5) is 4.79 Å². The van der Waals surface area contributed by atoms with Crippen LogP contribution in [0.3, 0.4) is 0 Å². The summed E-state index contributed by atoms with van der Waals surface area (Å²) in [5.41, 5.74) is 1.22. The number of rotatable bonds is 2. The fourth-order valence-electron chi connectivity index (χ4n) is 2.14. The molecule has 0 spiro atoms. The van der Waals surface area contributed by atoms with Crippen molar-refractivity contribution in [2.75, 3.05) is 0 Å². The molecule has 5 nitrogen and oxygen atoms in total. The number of fused-ring (bicyclic) bond motifs is 1. The monoisotopic (exact) mass is 281 g/mol. The van der Waals surface area contributed by atoms with Gasteiger partial charge in [-0.25, -0.2) is 4.79 Å². The summed E-state index contributed by atoms with van der Waals surface area (Å²) in [7, 11) is 0. The third-order valence-electron chi connectivity index (χ3n) is 3.18. The zero-order valence-corrected chi connectivity index (χ0v) is 11.0. The lowest BCUT2D eigenvalue weighted by Gasteiger charge is -2.12. The molecule has 0 unspecified atom stereocenters. The number of amides is 3.